The second-order valence-corrected chi connectivity index (χ2v) is 3.90. The number of benzene rings is 1. The monoisotopic (exact) mass is 272 g/mol. The molecule has 0 spiro atoms. The summed E-state index contributed by atoms with van der Waals surface area (Å²) in [4.78, 5) is 0. The molecule has 15 heavy (non-hydrogen) atoms. The lowest BCUT2D eigenvalue weighted by Crippen LogP contribution is -2.29. The van der Waals surface area contributed by atoms with Crippen molar-refractivity contribution < 1.29 is 13.9 Å². The molecule has 2 rings (SSSR count). The lowest BCUT2D eigenvalue weighted by Gasteiger charge is -2.26. The highest BCUT2D eigenvalue weighted by atomic mass is 79.9. The maximum Gasteiger partial charge on any atom is 0.286 e. The van der Waals surface area contributed by atoms with E-state index in [1.165, 1.54) is 12.1 Å². The van der Waals surface area contributed by atoms with Crippen LogP contribution in [0.5, 0.6) is 0 Å². The average Bonchev–Trinajstić information content (AvgIpc) is 2.62. The lowest BCUT2D eigenvalue weighted by atomic mass is 10.1. The van der Waals surface area contributed by atoms with Crippen molar-refractivity contribution in [2.75, 3.05) is 5.33 Å². The summed E-state index contributed by atoms with van der Waals surface area (Å²) in [6.45, 7) is 1.81. The van der Waals surface area contributed by atoms with E-state index in [-0.39, 0.29) is 5.82 Å². The van der Waals surface area contributed by atoms with Crippen LogP contribution >= 0.6 is 15.9 Å². The Morgan fingerprint density at radius 3 is 2.47 bits per heavy atom. The van der Waals surface area contributed by atoms with E-state index in [1.807, 2.05) is 6.92 Å². The van der Waals surface area contributed by atoms with Gasteiger partial charge in [0, 0.05) is 5.56 Å². The van der Waals surface area contributed by atoms with E-state index in [4.69, 9.17) is 9.47 Å². The van der Waals surface area contributed by atoms with E-state index in [0.29, 0.717) is 11.1 Å². The number of halogens is 2. The third-order valence-corrected chi connectivity index (χ3v) is 2.94. The normalized spacial score (nSPS) is 24.3. The topological polar surface area (TPSA) is 18.5 Å². The number of hydrogen-bond donors (Lipinski definition) is 0. The molecule has 0 N–H and O–H groups in total. The van der Waals surface area contributed by atoms with Crippen molar-refractivity contribution in [3.8, 4) is 0 Å². The summed E-state index contributed by atoms with van der Waals surface area (Å²) in [5.41, 5.74) is 0.786. The van der Waals surface area contributed by atoms with Crippen molar-refractivity contribution in [3.63, 3.8) is 0 Å². The Balaban J connectivity index is 2.32. The van der Waals surface area contributed by atoms with Gasteiger partial charge in [-0.1, -0.05) is 15.9 Å². The van der Waals surface area contributed by atoms with Gasteiger partial charge < -0.3 is 9.47 Å². The van der Waals surface area contributed by atoms with Crippen LogP contribution in [0, 0.1) is 5.82 Å². The Bertz CT molecular complexity index is 388. The molecule has 1 heterocycles. The van der Waals surface area contributed by atoms with Crippen LogP contribution in [0.15, 0.2) is 36.3 Å². The summed E-state index contributed by atoms with van der Waals surface area (Å²) in [5, 5.41) is 0.486. The number of ether oxygens (including phenoxy) is 2. The molecule has 80 valence electrons. The summed E-state index contributed by atoms with van der Waals surface area (Å²) in [5.74, 6) is -0.414. The summed E-state index contributed by atoms with van der Waals surface area (Å²) in [6, 6.07) is 6.09. The number of allylic oxidation sites excluding steroid dienone is 1. The highest BCUT2D eigenvalue weighted by molar-refractivity contribution is 9.09. The van der Waals surface area contributed by atoms with Crippen molar-refractivity contribution in [2.45, 2.75) is 12.7 Å². The Hall–Kier alpha value is -1.03. The molecule has 0 bridgehead atoms. The highest BCUT2D eigenvalue weighted by Gasteiger charge is 2.38. The molecule has 1 aromatic carbocycles. The van der Waals surface area contributed by atoms with Gasteiger partial charge in [-0.15, -0.1) is 0 Å². The first kappa shape index (κ1) is 10.5. The largest absolute Gasteiger partial charge is 0.452 e. The predicted octanol–water partition coefficient (Wildman–Crippen LogP) is 3.28. The van der Waals surface area contributed by atoms with Gasteiger partial charge in [0.25, 0.3) is 5.79 Å². The Morgan fingerprint density at radius 2 is 2.00 bits per heavy atom. The number of hydrogen-bond acceptors (Lipinski definition) is 2. The maximum atomic E-state index is 12.8. The molecular formula is C11H10BrFO2. The van der Waals surface area contributed by atoms with Gasteiger partial charge in [0.2, 0.25) is 0 Å². The van der Waals surface area contributed by atoms with Gasteiger partial charge in [-0.3, -0.25) is 0 Å². The second kappa shape index (κ2) is 3.85. The zero-order valence-electron chi connectivity index (χ0n) is 8.17. The molecule has 1 aliphatic heterocycles. The van der Waals surface area contributed by atoms with E-state index in [9.17, 15) is 4.39 Å². The second-order valence-electron chi connectivity index (χ2n) is 3.34. The van der Waals surface area contributed by atoms with E-state index in [2.05, 4.69) is 15.9 Å². The zero-order chi connectivity index (χ0) is 10.9. The molecule has 0 radical (unpaired) electrons. The summed E-state index contributed by atoms with van der Waals surface area (Å²) in [6.07, 6.45) is 1.56. The molecule has 0 aliphatic carbocycles. The van der Waals surface area contributed by atoms with Crippen molar-refractivity contribution in [1.82, 2.24) is 0 Å². The fourth-order valence-electron chi connectivity index (χ4n) is 1.45. The van der Waals surface area contributed by atoms with Gasteiger partial charge in [0.05, 0.1) is 5.33 Å². The molecule has 0 amide bonds. The highest BCUT2D eigenvalue weighted by Crippen LogP contribution is 2.36. The minimum atomic E-state index is -0.849. The summed E-state index contributed by atoms with van der Waals surface area (Å²) in [7, 11) is 0. The third kappa shape index (κ3) is 1.86. The van der Waals surface area contributed by atoms with Crippen molar-refractivity contribution in [3.05, 3.63) is 47.7 Å². The number of alkyl halides is 1. The van der Waals surface area contributed by atoms with Crippen LogP contribution in [-0.4, -0.2) is 5.33 Å². The molecule has 1 aliphatic rings. The lowest BCUT2D eigenvalue weighted by molar-refractivity contribution is -0.134. The van der Waals surface area contributed by atoms with Crippen LogP contribution in [0.3, 0.4) is 0 Å². The fourth-order valence-corrected chi connectivity index (χ4v) is 2.02. The van der Waals surface area contributed by atoms with Gasteiger partial charge >= 0.3 is 0 Å². The van der Waals surface area contributed by atoms with E-state index < -0.39 is 5.79 Å². The predicted molar refractivity (Wildman–Crippen MR) is 57.8 cm³/mol. The standard InChI is InChI=1S/C11H10BrFO2/c1-8-6-14-11(7-12,15-8)9-2-4-10(13)5-3-9/h2-6H,7H2,1H3/t11-/m0/s1. The first-order valence-electron chi connectivity index (χ1n) is 4.52. The van der Waals surface area contributed by atoms with Crippen LogP contribution in [-0.2, 0) is 15.3 Å². The van der Waals surface area contributed by atoms with Crippen molar-refractivity contribution in [2.24, 2.45) is 0 Å². The molecule has 0 aromatic heterocycles. The molecule has 1 atom stereocenters. The van der Waals surface area contributed by atoms with Crippen LogP contribution in [0.1, 0.15) is 12.5 Å². The zero-order valence-corrected chi connectivity index (χ0v) is 9.75. The fraction of sp³-hybridized carbons (Fsp3) is 0.273. The molecule has 0 saturated heterocycles. The van der Waals surface area contributed by atoms with Crippen LogP contribution < -0.4 is 0 Å². The van der Waals surface area contributed by atoms with Crippen LogP contribution in [0.25, 0.3) is 0 Å². The molecule has 2 nitrogen and oxygen atoms in total. The van der Waals surface area contributed by atoms with Gasteiger partial charge in [0.1, 0.15) is 17.8 Å². The van der Waals surface area contributed by atoms with Crippen LogP contribution in [0.2, 0.25) is 0 Å². The summed E-state index contributed by atoms with van der Waals surface area (Å²) < 4.78 is 23.8. The maximum absolute atomic E-state index is 12.8. The van der Waals surface area contributed by atoms with Crippen LogP contribution in [0.4, 0.5) is 4.39 Å². The smallest absolute Gasteiger partial charge is 0.286 e. The van der Waals surface area contributed by atoms with Gasteiger partial charge in [0.15, 0.2) is 0 Å². The molecule has 1 aromatic rings. The van der Waals surface area contributed by atoms with E-state index >= 15 is 0 Å². The molecule has 0 fully saturated rings. The van der Waals surface area contributed by atoms with Gasteiger partial charge in [-0.2, -0.15) is 0 Å². The molecule has 4 heteroatoms. The van der Waals surface area contributed by atoms with Gasteiger partial charge in [-0.25, -0.2) is 4.39 Å². The Kier molecular flexibility index (Phi) is 2.69. The van der Waals surface area contributed by atoms with Gasteiger partial charge in [-0.05, 0) is 31.2 Å². The summed E-state index contributed by atoms with van der Waals surface area (Å²) >= 11 is 3.34. The Morgan fingerprint density at radius 1 is 1.33 bits per heavy atom. The first-order valence-corrected chi connectivity index (χ1v) is 5.64. The minimum Gasteiger partial charge on any atom is -0.452 e. The van der Waals surface area contributed by atoms with Crippen molar-refractivity contribution in [1.29, 1.82) is 0 Å². The average molecular weight is 273 g/mol. The third-order valence-electron chi connectivity index (χ3n) is 2.20. The number of rotatable bonds is 2. The Labute approximate surface area is 95.8 Å². The molecule has 0 saturated carbocycles. The molecular weight excluding hydrogens is 263 g/mol. The molecule has 0 unspecified atom stereocenters. The SMILES string of the molecule is CC1=CO[C@](CBr)(c2ccc(F)cc2)O1. The minimum absolute atomic E-state index is 0.272. The van der Waals surface area contributed by atoms with E-state index in [0.717, 1.165) is 5.56 Å². The van der Waals surface area contributed by atoms with E-state index in [1.54, 1.807) is 18.4 Å². The quantitative estimate of drug-likeness (QED) is 0.770. The van der Waals surface area contributed by atoms with Crippen molar-refractivity contribution >= 4 is 15.9 Å². The first-order chi connectivity index (χ1) is 7.16.